The van der Waals surface area contributed by atoms with Crippen LogP contribution in [0, 0.1) is 5.92 Å². The van der Waals surface area contributed by atoms with Crippen molar-refractivity contribution >= 4 is 0 Å². The fraction of sp³-hybridized carbons (Fsp3) is 0.625. The quantitative estimate of drug-likeness (QED) is 0.906. The van der Waals surface area contributed by atoms with Crippen LogP contribution in [0.2, 0.25) is 0 Å². The molecule has 2 aliphatic heterocycles. The number of rotatable bonds is 4. The van der Waals surface area contributed by atoms with E-state index in [0.717, 1.165) is 38.0 Å². The molecule has 2 aliphatic rings. The minimum absolute atomic E-state index is 0.219. The van der Waals surface area contributed by atoms with Crippen LogP contribution in [0.3, 0.4) is 0 Å². The van der Waals surface area contributed by atoms with Gasteiger partial charge in [-0.3, -0.25) is 0 Å². The van der Waals surface area contributed by atoms with Gasteiger partial charge in [0.15, 0.2) is 0 Å². The van der Waals surface area contributed by atoms with Crippen molar-refractivity contribution in [3.63, 3.8) is 0 Å². The summed E-state index contributed by atoms with van der Waals surface area (Å²) in [6.45, 7) is 1.52. The van der Waals surface area contributed by atoms with E-state index < -0.39 is 0 Å². The molecule has 3 nitrogen and oxygen atoms in total. The maximum atomic E-state index is 10.3. The number of benzene rings is 1. The fourth-order valence-electron chi connectivity index (χ4n) is 3.06. The molecular formula is C16H22O3. The molecule has 1 saturated heterocycles. The third-order valence-corrected chi connectivity index (χ3v) is 4.26. The summed E-state index contributed by atoms with van der Waals surface area (Å²) in [5.74, 6) is 1.20. The summed E-state index contributed by atoms with van der Waals surface area (Å²) in [5.41, 5.74) is 1.22. The Morgan fingerprint density at radius 1 is 1.32 bits per heavy atom. The van der Waals surface area contributed by atoms with Crippen LogP contribution in [0.15, 0.2) is 24.3 Å². The molecule has 19 heavy (non-hydrogen) atoms. The Balaban J connectivity index is 1.52. The van der Waals surface area contributed by atoms with Gasteiger partial charge >= 0.3 is 0 Å². The van der Waals surface area contributed by atoms with Gasteiger partial charge in [-0.25, -0.2) is 0 Å². The molecule has 104 valence electrons. The second kappa shape index (κ2) is 5.93. The Hall–Kier alpha value is -1.06. The topological polar surface area (TPSA) is 38.7 Å². The van der Waals surface area contributed by atoms with Crippen molar-refractivity contribution in [2.24, 2.45) is 5.92 Å². The van der Waals surface area contributed by atoms with Gasteiger partial charge < -0.3 is 14.6 Å². The molecule has 3 heteroatoms. The van der Waals surface area contributed by atoms with Crippen molar-refractivity contribution in [3.05, 3.63) is 29.8 Å². The molecule has 0 saturated carbocycles. The van der Waals surface area contributed by atoms with Crippen LogP contribution in [0.1, 0.15) is 31.2 Å². The second-order valence-corrected chi connectivity index (χ2v) is 5.66. The van der Waals surface area contributed by atoms with Crippen LogP contribution in [0.5, 0.6) is 5.75 Å². The highest BCUT2D eigenvalue weighted by molar-refractivity contribution is 5.35. The van der Waals surface area contributed by atoms with E-state index in [9.17, 15) is 5.11 Å². The highest BCUT2D eigenvalue weighted by Gasteiger charge is 2.27. The summed E-state index contributed by atoms with van der Waals surface area (Å²) < 4.78 is 11.3. The molecule has 3 atom stereocenters. The number of para-hydroxylation sites is 1. The molecule has 0 aromatic heterocycles. The number of ether oxygens (including phenoxy) is 2. The van der Waals surface area contributed by atoms with Crippen molar-refractivity contribution in [2.75, 3.05) is 13.2 Å². The fourth-order valence-corrected chi connectivity index (χ4v) is 3.06. The lowest BCUT2D eigenvalue weighted by molar-refractivity contribution is 0.0373. The average Bonchev–Trinajstić information content (AvgIpc) is 2.97. The van der Waals surface area contributed by atoms with Crippen LogP contribution in [0.4, 0.5) is 0 Å². The summed E-state index contributed by atoms with van der Waals surface area (Å²) in [7, 11) is 0. The third-order valence-electron chi connectivity index (χ3n) is 4.26. The maximum Gasteiger partial charge on any atom is 0.122 e. The molecule has 3 unspecified atom stereocenters. The Labute approximate surface area is 114 Å². The predicted octanol–water partition coefficient (Wildman–Crippen LogP) is 2.56. The number of hydrogen-bond acceptors (Lipinski definition) is 3. The lowest BCUT2D eigenvalue weighted by atomic mass is 9.89. The maximum absolute atomic E-state index is 10.3. The minimum Gasteiger partial charge on any atom is -0.493 e. The van der Waals surface area contributed by atoms with Gasteiger partial charge in [-0.1, -0.05) is 18.2 Å². The molecule has 0 radical (unpaired) electrons. The predicted molar refractivity (Wildman–Crippen MR) is 73.3 cm³/mol. The van der Waals surface area contributed by atoms with Crippen LogP contribution < -0.4 is 4.74 Å². The molecule has 0 aliphatic carbocycles. The molecule has 1 N–H and O–H groups in total. The van der Waals surface area contributed by atoms with E-state index in [4.69, 9.17) is 9.47 Å². The zero-order chi connectivity index (χ0) is 13.1. The van der Waals surface area contributed by atoms with Gasteiger partial charge in [0.05, 0.1) is 18.8 Å². The zero-order valence-electron chi connectivity index (χ0n) is 11.3. The normalized spacial score (nSPS) is 27.6. The summed E-state index contributed by atoms with van der Waals surface area (Å²) in [6.07, 6.45) is 5.12. The van der Waals surface area contributed by atoms with Crippen LogP contribution in [-0.2, 0) is 11.2 Å². The van der Waals surface area contributed by atoms with Crippen LogP contribution in [0.25, 0.3) is 0 Å². The Morgan fingerprint density at radius 2 is 2.21 bits per heavy atom. The molecular weight excluding hydrogens is 240 g/mol. The van der Waals surface area contributed by atoms with E-state index in [0.29, 0.717) is 12.7 Å². The molecule has 3 rings (SSSR count). The van der Waals surface area contributed by atoms with E-state index >= 15 is 0 Å². The van der Waals surface area contributed by atoms with Crippen LogP contribution >= 0.6 is 0 Å². The molecule has 1 aromatic rings. The van der Waals surface area contributed by atoms with Crippen molar-refractivity contribution in [1.29, 1.82) is 0 Å². The first-order chi connectivity index (χ1) is 9.33. The number of fused-ring (bicyclic) bond motifs is 1. The highest BCUT2D eigenvalue weighted by atomic mass is 16.5. The summed E-state index contributed by atoms with van der Waals surface area (Å²) in [5, 5.41) is 10.3. The standard InChI is InChI=1S/C16H22O3/c17-15(8-7-14-5-3-9-18-14)13-10-12-4-1-2-6-16(12)19-11-13/h1-2,4,6,13-15,17H,3,5,7-11H2. The van der Waals surface area contributed by atoms with Crippen molar-refractivity contribution < 1.29 is 14.6 Å². The molecule has 0 amide bonds. The van der Waals surface area contributed by atoms with Gasteiger partial charge in [-0.05, 0) is 43.7 Å². The van der Waals surface area contributed by atoms with Crippen molar-refractivity contribution in [1.82, 2.24) is 0 Å². The average molecular weight is 262 g/mol. The van der Waals surface area contributed by atoms with Gasteiger partial charge in [0.1, 0.15) is 5.75 Å². The van der Waals surface area contributed by atoms with Gasteiger partial charge in [-0.15, -0.1) is 0 Å². The Morgan fingerprint density at radius 3 is 3.05 bits per heavy atom. The monoisotopic (exact) mass is 262 g/mol. The van der Waals surface area contributed by atoms with Crippen molar-refractivity contribution in [3.8, 4) is 5.75 Å². The second-order valence-electron chi connectivity index (χ2n) is 5.66. The van der Waals surface area contributed by atoms with E-state index in [1.165, 1.54) is 12.0 Å². The molecule has 0 spiro atoms. The first kappa shape index (κ1) is 12.9. The first-order valence-electron chi connectivity index (χ1n) is 7.33. The summed E-state index contributed by atoms with van der Waals surface area (Å²) >= 11 is 0. The molecule has 1 fully saturated rings. The highest BCUT2D eigenvalue weighted by Crippen LogP contribution is 2.30. The van der Waals surface area contributed by atoms with Gasteiger partial charge in [0.25, 0.3) is 0 Å². The van der Waals surface area contributed by atoms with Gasteiger partial charge in [0, 0.05) is 12.5 Å². The van der Waals surface area contributed by atoms with E-state index in [-0.39, 0.29) is 12.0 Å². The van der Waals surface area contributed by atoms with Gasteiger partial charge in [0.2, 0.25) is 0 Å². The lowest BCUT2D eigenvalue weighted by Crippen LogP contribution is -2.32. The molecule has 1 aromatic carbocycles. The first-order valence-corrected chi connectivity index (χ1v) is 7.33. The Kier molecular flexibility index (Phi) is 4.04. The Bertz CT molecular complexity index is 412. The smallest absolute Gasteiger partial charge is 0.122 e. The van der Waals surface area contributed by atoms with E-state index in [2.05, 4.69) is 6.07 Å². The van der Waals surface area contributed by atoms with E-state index in [1.54, 1.807) is 0 Å². The molecule has 0 bridgehead atoms. The number of aliphatic hydroxyl groups excluding tert-OH is 1. The molecule has 2 heterocycles. The number of aliphatic hydroxyl groups is 1. The summed E-state index contributed by atoms with van der Waals surface area (Å²) in [4.78, 5) is 0. The van der Waals surface area contributed by atoms with Crippen LogP contribution in [-0.4, -0.2) is 30.5 Å². The largest absolute Gasteiger partial charge is 0.493 e. The lowest BCUT2D eigenvalue weighted by Gasteiger charge is -2.29. The number of hydrogen-bond donors (Lipinski definition) is 1. The van der Waals surface area contributed by atoms with E-state index in [1.807, 2.05) is 18.2 Å². The van der Waals surface area contributed by atoms with Crippen molar-refractivity contribution in [2.45, 2.75) is 44.3 Å². The van der Waals surface area contributed by atoms with Gasteiger partial charge in [-0.2, -0.15) is 0 Å². The third kappa shape index (κ3) is 3.10. The SMILES string of the molecule is OC(CCC1CCCO1)C1COc2ccccc2C1. The summed E-state index contributed by atoms with van der Waals surface area (Å²) in [6, 6.07) is 8.12. The minimum atomic E-state index is -0.280. The zero-order valence-corrected chi connectivity index (χ0v) is 11.3.